The number of aromatic nitrogens is 3. The van der Waals surface area contributed by atoms with Crippen LogP contribution >= 0.6 is 11.6 Å². The van der Waals surface area contributed by atoms with Gasteiger partial charge in [-0.3, -0.25) is 9.48 Å². The van der Waals surface area contributed by atoms with Crippen LogP contribution in [0.15, 0.2) is 36.9 Å². The van der Waals surface area contributed by atoms with E-state index in [2.05, 4.69) is 15.4 Å². The van der Waals surface area contributed by atoms with Gasteiger partial charge in [-0.2, -0.15) is 5.10 Å². The zero-order chi connectivity index (χ0) is 14.7. The van der Waals surface area contributed by atoms with Crippen LogP contribution in [0.25, 0.3) is 0 Å². The molecule has 1 N–H and O–H groups in total. The molecule has 1 fully saturated rings. The predicted molar refractivity (Wildman–Crippen MR) is 79.8 cm³/mol. The molecule has 6 heteroatoms. The Morgan fingerprint density at radius 3 is 2.86 bits per heavy atom. The first-order chi connectivity index (χ1) is 10.2. The highest BCUT2D eigenvalue weighted by atomic mass is 35.5. The Bertz CT molecular complexity index is 622. The molecule has 0 radical (unpaired) electrons. The third-order valence-electron chi connectivity index (χ3n) is 3.78. The third-order valence-corrected chi connectivity index (χ3v) is 4.11. The SMILES string of the molecule is O=C(CCCn1cncn1)NC1(c2ccccc2Cl)CC1. The van der Waals surface area contributed by atoms with E-state index >= 15 is 0 Å². The Labute approximate surface area is 128 Å². The normalized spacial score (nSPS) is 15.7. The van der Waals surface area contributed by atoms with Crippen LogP contribution in [0, 0.1) is 0 Å². The van der Waals surface area contributed by atoms with Gasteiger partial charge in [-0.05, 0) is 30.9 Å². The molecule has 1 amide bonds. The second-order valence-corrected chi connectivity index (χ2v) is 5.78. The number of nitrogens with one attached hydrogen (secondary N) is 1. The molecule has 21 heavy (non-hydrogen) atoms. The summed E-state index contributed by atoms with van der Waals surface area (Å²) in [6.07, 6.45) is 6.28. The second-order valence-electron chi connectivity index (χ2n) is 5.37. The van der Waals surface area contributed by atoms with Gasteiger partial charge in [0.15, 0.2) is 0 Å². The maximum Gasteiger partial charge on any atom is 0.220 e. The average molecular weight is 305 g/mol. The molecule has 1 saturated carbocycles. The summed E-state index contributed by atoms with van der Waals surface area (Å²) in [4.78, 5) is 16.0. The molecule has 1 aromatic carbocycles. The molecule has 0 aliphatic heterocycles. The molecule has 0 atom stereocenters. The summed E-state index contributed by atoms with van der Waals surface area (Å²) in [5.74, 6) is 0.0625. The number of carbonyl (C=O) groups is 1. The standard InChI is InChI=1S/C15H17ClN4O/c16-13-5-2-1-4-12(13)15(7-8-15)19-14(21)6-3-9-20-11-17-10-18-20/h1-2,4-5,10-11H,3,6-9H2,(H,19,21). The fourth-order valence-electron chi connectivity index (χ4n) is 2.52. The van der Waals surface area contributed by atoms with Crippen molar-refractivity contribution in [2.24, 2.45) is 0 Å². The molecule has 2 aromatic rings. The number of rotatable bonds is 6. The molecule has 0 spiro atoms. The minimum atomic E-state index is -0.247. The van der Waals surface area contributed by atoms with E-state index in [1.807, 2.05) is 24.3 Å². The van der Waals surface area contributed by atoms with Crippen molar-refractivity contribution in [1.29, 1.82) is 0 Å². The second kappa shape index (κ2) is 5.85. The van der Waals surface area contributed by atoms with E-state index in [-0.39, 0.29) is 11.4 Å². The Hall–Kier alpha value is -1.88. The summed E-state index contributed by atoms with van der Waals surface area (Å²) in [5, 5.41) is 7.87. The van der Waals surface area contributed by atoms with Gasteiger partial charge in [-0.15, -0.1) is 0 Å². The number of hydrogen-bond acceptors (Lipinski definition) is 3. The molecule has 1 aliphatic rings. The fraction of sp³-hybridized carbons (Fsp3) is 0.400. The molecule has 1 heterocycles. The first-order valence-corrected chi connectivity index (χ1v) is 7.46. The van der Waals surface area contributed by atoms with Crippen LogP contribution in [0.5, 0.6) is 0 Å². The number of amides is 1. The maximum absolute atomic E-state index is 12.1. The van der Waals surface area contributed by atoms with Crippen LogP contribution in [-0.2, 0) is 16.9 Å². The third kappa shape index (κ3) is 3.24. The van der Waals surface area contributed by atoms with E-state index in [0.717, 1.165) is 29.8 Å². The zero-order valence-corrected chi connectivity index (χ0v) is 12.4. The quantitative estimate of drug-likeness (QED) is 0.892. The van der Waals surface area contributed by atoms with Crippen LogP contribution in [-0.4, -0.2) is 20.7 Å². The number of aryl methyl sites for hydroxylation is 1. The summed E-state index contributed by atoms with van der Waals surface area (Å²) in [5.41, 5.74) is 0.777. The first kappa shape index (κ1) is 14.1. The van der Waals surface area contributed by atoms with Crippen molar-refractivity contribution in [3.63, 3.8) is 0 Å². The Morgan fingerprint density at radius 1 is 1.38 bits per heavy atom. The van der Waals surface area contributed by atoms with Crippen molar-refractivity contribution in [1.82, 2.24) is 20.1 Å². The van der Waals surface area contributed by atoms with Crippen molar-refractivity contribution in [3.05, 3.63) is 47.5 Å². The van der Waals surface area contributed by atoms with Crippen molar-refractivity contribution in [3.8, 4) is 0 Å². The van der Waals surface area contributed by atoms with Gasteiger partial charge in [0.25, 0.3) is 0 Å². The molecule has 0 bridgehead atoms. The van der Waals surface area contributed by atoms with E-state index in [4.69, 9.17) is 11.6 Å². The van der Waals surface area contributed by atoms with Crippen molar-refractivity contribution in [2.45, 2.75) is 37.8 Å². The highest BCUT2D eigenvalue weighted by Gasteiger charge is 2.46. The molecule has 3 rings (SSSR count). The predicted octanol–water partition coefficient (Wildman–Crippen LogP) is 2.52. The summed E-state index contributed by atoms with van der Waals surface area (Å²) in [6, 6.07) is 7.72. The summed E-state index contributed by atoms with van der Waals surface area (Å²) >= 11 is 6.23. The summed E-state index contributed by atoms with van der Waals surface area (Å²) < 4.78 is 1.73. The number of benzene rings is 1. The van der Waals surface area contributed by atoms with Crippen molar-refractivity contribution < 1.29 is 4.79 Å². The van der Waals surface area contributed by atoms with Crippen LogP contribution in [0.3, 0.4) is 0 Å². The zero-order valence-electron chi connectivity index (χ0n) is 11.6. The summed E-state index contributed by atoms with van der Waals surface area (Å²) in [7, 11) is 0. The average Bonchev–Trinajstić information content (AvgIpc) is 3.04. The highest BCUT2D eigenvalue weighted by Crippen LogP contribution is 2.47. The molecule has 1 aromatic heterocycles. The van der Waals surface area contributed by atoms with Gasteiger partial charge in [0.1, 0.15) is 12.7 Å². The Balaban J connectivity index is 1.54. The first-order valence-electron chi connectivity index (χ1n) is 7.08. The minimum Gasteiger partial charge on any atom is -0.347 e. The lowest BCUT2D eigenvalue weighted by atomic mass is 10.0. The lowest BCUT2D eigenvalue weighted by molar-refractivity contribution is -0.122. The lowest BCUT2D eigenvalue weighted by Gasteiger charge is -2.19. The van der Waals surface area contributed by atoms with Crippen LogP contribution in [0.1, 0.15) is 31.2 Å². The molecule has 110 valence electrons. The molecule has 0 unspecified atom stereocenters. The van der Waals surface area contributed by atoms with E-state index in [1.54, 1.807) is 11.0 Å². The molecular formula is C15H17ClN4O. The summed E-state index contributed by atoms with van der Waals surface area (Å²) in [6.45, 7) is 0.701. The van der Waals surface area contributed by atoms with Gasteiger partial charge < -0.3 is 5.32 Å². The van der Waals surface area contributed by atoms with Crippen LogP contribution in [0.2, 0.25) is 5.02 Å². The van der Waals surface area contributed by atoms with E-state index in [1.165, 1.54) is 6.33 Å². The Kier molecular flexibility index (Phi) is 3.92. The van der Waals surface area contributed by atoms with Crippen molar-refractivity contribution >= 4 is 17.5 Å². The lowest BCUT2D eigenvalue weighted by Crippen LogP contribution is -2.35. The maximum atomic E-state index is 12.1. The number of nitrogens with zero attached hydrogens (tertiary/aromatic N) is 3. The van der Waals surface area contributed by atoms with Gasteiger partial charge in [0.2, 0.25) is 5.91 Å². The van der Waals surface area contributed by atoms with Crippen LogP contribution < -0.4 is 5.32 Å². The fourth-order valence-corrected chi connectivity index (χ4v) is 2.83. The Morgan fingerprint density at radius 2 is 2.19 bits per heavy atom. The topological polar surface area (TPSA) is 59.8 Å². The molecule has 5 nitrogen and oxygen atoms in total. The monoisotopic (exact) mass is 304 g/mol. The molecule has 1 aliphatic carbocycles. The van der Waals surface area contributed by atoms with Crippen molar-refractivity contribution in [2.75, 3.05) is 0 Å². The van der Waals surface area contributed by atoms with E-state index < -0.39 is 0 Å². The highest BCUT2D eigenvalue weighted by molar-refractivity contribution is 6.31. The number of halogens is 1. The van der Waals surface area contributed by atoms with Gasteiger partial charge in [-0.25, -0.2) is 4.98 Å². The minimum absolute atomic E-state index is 0.0625. The van der Waals surface area contributed by atoms with Gasteiger partial charge in [-0.1, -0.05) is 29.8 Å². The molecule has 0 saturated heterocycles. The number of hydrogen-bond donors (Lipinski definition) is 1. The smallest absolute Gasteiger partial charge is 0.220 e. The van der Waals surface area contributed by atoms with Crippen LogP contribution in [0.4, 0.5) is 0 Å². The van der Waals surface area contributed by atoms with E-state index in [0.29, 0.717) is 13.0 Å². The van der Waals surface area contributed by atoms with Gasteiger partial charge in [0.05, 0.1) is 5.54 Å². The number of carbonyl (C=O) groups excluding carboxylic acids is 1. The van der Waals surface area contributed by atoms with Gasteiger partial charge in [0, 0.05) is 18.0 Å². The van der Waals surface area contributed by atoms with E-state index in [9.17, 15) is 4.79 Å². The largest absolute Gasteiger partial charge is 0.347 e. The van der Waals surface area contributed by atoms with Gasteiger partial charge >= 0.3 is 0 Å². The molecular weight excluding hydrogens is 288 g/mol.